The van der Waals surface area contributed by atoms with E-state index in [0.29, 0.717) is 18.2 Å². The van der Waals surface area contributed by atoms with Crippen LogP contribution in [0.4, 0.5) is 30.6 Å². The molecule has 0 aliphatic rings. The lowest BCUT2D eigenvalue weighted by Crippen LogP contribution is -2.17. The van der Waals surface area contributed by atoms with Gasteiger partial charge in [-0.05, 0) is 51.3 Å². The van der Waals surface area contributed by atoms with Gasteiger partial charge < -0.3 is 15.5 Å². The third-order valence-corrected chi connectivity index (χ3v) is 4.05. The number of halogens is 3. The van der Waals surface area contributed by atoms with Gasteiger partial charge in [-0.2, -0.15) is 4.98 Å². The van der Waals surface area contributed by atoms with Crippen LogP contribution in [0.5, 0.6) is 0 Å². The van der Waals surface area contributed by atoms with Crippen LogP contribution in [0.25, 0.3) is 11.3 Å². The molecule has 3 aromatic rings. The third kappa shape index (κ3) is 5.41. The summed E-state index contributed by atoms with van der Waals surface area (Å²) >= 11 is 0. The smallest absolute Gasteiger partial charge is 0.225 e. The topological polar surface area (TPSA) is 66.0 Å². The van der Waals surface area contributed by atoms with Gasteiger partial charge in [0, 0.05) is 30.6 Å². The zero-order valence-electron chi connectivity index (χ0n) is 16.1. The molecule has 2 aromatic heterocycles. The Morgan fingerprint density at radius 2 is 1.86 bits per heavy atom. The molecule has 0 bridgehead atoms. The molecule has 0 spiro atoms. The summed E-state index contributed by atoms with van der Waals surface area (Å²) in [6.45, 7) is 1.52. The van der Waals surface area contributed by atoms with Crippen LogP contribution in [0, 0.1) is 17.5 Å². The standard InChI is InChI=1S/C20H21F3N6/c1-29(2)10-4-9-25-20-27-16(13-5-3-8-24-12-13)11-17(28-20)26-15-7-6-14(21)18(22)19(15)23/h3,5-8,11-12H,4,9-10H2,1-2H3,(H2,25,26,27,28). The van der Waals surface area contributed by atoms with Gasteiger partial charge in [0.25, 0.3) is 0 Å². The molecule has 0 radical (unpaired) electrons. The molecule has 0 atom stereocenters. The average Bonchev–Trinajstić information content (AvgIpc) is 2.72. The Hall–Kier alpha value is -3.20. The minimum atomic E-state index is -1.54. The molecule has 0 fully saturated rings. The molecule has 2 N–H and O–H groups in total. The van der Waals surface area contributed by atoms with E-state index >= 15 is 0 Å². The predicted octanol–water partition coefficient (Wildman–Crippen LogP) is 4.06. The van der Waals surface area contributed by atoms with Gasteiger partial charge in [0.1, 0.15) is 5.82 Å². The summed E-state index contributed by atoms with van der Waals surface area (Å²) in [5, 5.41) is 5.83. The number of hydrogen-bond acceptors (Lipinski definition) is 6. The van der Waals surface area contributed by atoms with Crippen LogP contribution in [-0.4, -0.2) is 47.0 Å². The number of benzene rings is 1. The first-order chi connectivity index (χ1) is 13.9. The molecule has 29 heavy (non-hydrogen) atoms. The lowest BCUT2D eigenvalue weighted by molar-refractivity contribution is 0.405. The molecule has 0 aliphatic carbocycles. The maximum atomic E-state index is 14.0. The van der Waals surface area contributed by atoms with Crippen molar-refractivity contribution in [3.63, 3.8) is 0 Å². The van der Waals surface area contributed by atoms with Crippen molar-refractivity contribution in [1.29, 1.82) is 0 Å². The van der Waals surface area contributed by atoms with Gasteiger partial charge in [0.15, 0.2) is 17.5 Å². The molecule has 1 aromatic carbocycles. The number of hydrogen-bond donors (Lipinski definition) is 2. The summed E-state index contributed by atoms with van der Waals surface area (Å²) < 4.78 is 40.8. The Balaban J connectivity index is 1.89. The van der Waals surface area contributed by atoms with Gasteiger partial charge in [-0.15, -0.1) is 0 Å². The van der Waals surface area contributed by atoms with Crippen molar-refractivity contribution in [1.82, 2.24) is 19.9 Å². The summed E-state index contributed by atoms with van der Waals surface area (Å²) in [4.78, 5) is 14.9. The molecule has 6 nitrogen and oxygen atoms in total. The number of anilines is 3. The lowest BCUT2D eigenvalue weighted by Gasteiger charge is -2.13. The van der Waals surface area contributed by atoms with Crippen molar-refractivity contribution in [2.45, 2.75) is 6.42 Å². The molecule has 3 rings (SSSR count). The molecule has 0 saturated carbocycles. The number of aromatic nitrogens is 3. The van der Waals surface area contributed by atoms with E-state index in [1.54, 1.807) is 24.5 Å². The number of nitrogens with one attached hydrogen (secondary N) is 2. The van der Waals surface area contributed by atoms with Crippen molar-refractivity contribution in [2.24, 2.45) is 0 Å². The van der Waals surface area contributed by atoms with Gasteiger partial charge in [-0.1, -0.05) is 0 Å². The highest BCUT2D eigenvalue weighted by atomic mass is 19.2. The zero-order chi connectivity index (χ0) is 20.8. The van der Waals surface area contributed by atoms with E-state index in [0.717, 1.165) is 30.7 Å². The summed E-state index contributed by atoms with van der Waals surface area (Å²) in [5.74, 6) is -3.55. The molecule has 0 aliphatic heterocycles. The molecule has 0 unspecified atom stereocenters. The van der Waals surface area contributed by atoms with Crippen LogP contribution >= 0.6 is 0 Å². The second-order valence-electron chi connectivity index (χ2n) is 6.64. The molecule has 0 saturated heterocycles. The van der Waals surface area contributed by atoms with Gasteiger partial charge in [0.05, 0.1) is 11.4 Å². The van der Waals surface area contributed by atoms with Gasteiger partial charge >= 0.3 is 0 Å². The first-order valence-corrected chi connectivity index (χ1v) is 9.02. The Labute approximate surface area is 166 Å². The van der Waals surface area contributed by atoms with Gasteiger partial charge in [-0.3, -0.25) is 4.98 Å². The van der Waals surface area contributed by atoms with Crippen molar-refractivity contribution in [3.8, 4) is 11.3 Å². The highest BCUT2D eigenvalue weighted by Crippen LogP contribution is 2.26. The van der Waals surface area contributed by atoms with Crippen LogP contribution in [-0.2, 0) is 0 Å². The second kappa shape index (κ2) is 9.33. The van der Waals surface area contributed by atoms with Crippen LogP contribution in [0.1, 0.15) is 6.42 Å². The van der Waals surface area contributed by atoms with E-state index in [9.17, 15) is 13.2 Å². The highest BCUT2D eigenvalue weighted by molar-refractivity contribution is 5.67. The van der Waals surface area contributed by atoms with Crippen LogP contribution in [0.2, 0.25) is 0 Å². The Kier molecular flexibility index (Phi) is 6.61. The van der Waals surface area contributed by atoms with E-state index in [-0.39, 0.29) is 11.5 Å². The second-order valence-corrected chi connectivity index (χ2v) is 6.64. The molecule has 9 heteroatoms. The summed E-state index contributed by atoms with van der Waals surface area (Å²) in [6.07, 6.45) is 4.15. The third-order valence-electron chi connectivity index (χ3n) is 4.05. The maximum absolute atomic E-state index is 14.0. The number of pyridine rings is 1. The van der Waals surface area contributed by atoms with E-state index in [2.05, 4.69) is 30.5 Å². The number of rotatable bonds is 8. The van der Waals surface area contributed by atoms with E-state index in [1.807, 2.05) is 20.2 Å². The molecule has 152 valence electrons. The minimum Gasteiger partial charge on any atom is -0.354 e. The van der Waals surface area contributed by atoms with Gasteiger partial charge in [0.2, 0.25) is 5.95 Å². The Bertz CT molecular complexity index is 966. The zero-order valence-corrected chi connectivity index (χ0v) is 16.1. The number of nitrogens with zero attached hydrogens (tertiary/aromatic N) is 4. The first kappa shape index (κ1) is 20.5. The average molecular weight is 402 g/mol. The normalized spacial score (nSPS) is 11.0. The van der Waals surface area contributed by atoms with Crippen LogP contribution < -0.4 is 10.6 Å². The van der Waals surface area contributed by atoms with Crippen LogP contribution in [0.15, 0.2) is 42.7 Å². The van der Waals surface area contributed by atoms with Crippen molar-refractivity contribution < 1.29 is 13.2 Å². The van der Waals surface area contributed by atoms with Crippen molar-refractivity contribution in [2.75, 3.05) is 37.8 Å². The predicted molar refractivity (Wildman–Crippen MR) is 107 cm³/mol. The monoisotopic (exact) mass is 402 g/mol. The van der Waals surface area contributed by atoms with Crippen molar-refractivity contribution >= 4 is 17.5 Å². The fraction of sp³-hybridized carbons (Fsp3) is 0.250. The lowest BCUT2D eigenvalue weighted by atomic mass is 10.2. The van der Waals surface area contributed by atoms with E-state index in [4.69, 9.17) is 0 Å². The summed E-state index contributed by atoms with van der Waals surface area (Å²) in [5.41, 5.74) is 1.06. The van der Waals surface area contributed by atoms with E-state index in [1.165, 1.54) is 0 Å². The SMILES string of the molecule is CN(C)CCCNc1nc(Nc2ccc(F)c(F)c2F)cc(-c2cccnc2)n1. The largest absolute Gasteiger partial charge is 0.354 e. The fourth-order valence-electron chi connectivity index (χ4n) is 2.61. The van der Waals surface area contributed by atoms with Crippen molar-refractivity contribution in [3.05, 3.63) is 60.2 Å². The van der Waals surface area contributed by atoms with Gasteiger partial charge in [-0.25, -0.2) is 18.2 Å². The molecular weight excluding hydrogens is 381 g/mol. The Morgan fingerprint density at radius 1 is 1.03 bits per heavy atom. The van der Waals surface area contributed by atoms with Crippen LogP contribution in [0.3, 0.4) is 0 Å². The minimum absolute atomic E-state index is 0.224. The fourth-order valence-corrected chi connectivity index (χ4v) is 2.61. The molecular formula is C20H21F3N6. The first-order valence-electron chi connectivity index (χ1n) is 9.02. The molecule has 2 heterocycles. The summed E-state index contributed by atoms with van der Waals surface area (Å²) in [7, 11) is 3.97. The maximum Gasteiger partial charge on any atom is 0.225 e. The van der Waals surface area contributed by atoms with E-state index < -0.39 is 17.5 Å². The quantitative estimate of drug-likeness (QED) is 0.438. The molecule has 0 amide bonds. The Morgan fingerprint density at radius 3 is 2.59 bits per heavy atom. The summed E-state index contributed by atoms with van der Waals surface area (Å²) in [6, 6.07) is 7.15. The highest BCUT2D eigenvalue weighted by Gasteiger charge is 2.15.